The molecule has 2 heteroatoms. The van der Waals surface area contributed by atoms with E-state index >= 15 is 0 Å². The van der Waals surface area contributed by atoms with Gasteiger partial charge in [-0.1, -0.05) is 140 Å². The van der Waals surface area contributed by atoms with E-state index in [1.165, 1.54) is 27.6 Å². The van der Waals surface area contributed by atoms with Crippen LogP contribution in [0.1, 0.15) is 5.56 Å². The highest BCUT2D eigenvalue weighted by Crippen LogP contribution is 2.47. The molecule has 1 aromatic heterocycles. The van der Waals surface area contributed by atoms with Crippen molar-refractivity contribution in [1.29, 1.82) is 0 Å². The van der Waals surface area contributed by atoms with Crippen molar-refractivity contribution in [2.24, 2.45) is 0 Å². The predicted molar refractivity (Wildman–Crippen MR) is 207 cm³/mol. The van der Waals surface area contributed by atoms with Gasteiger partial charge in [0.05, 0.1) is 0 Å². The molecule has 1 heterocycles. The number of furan rings is 1. The van der Waals surface area contributed by atoms with E-state index in [0.717, 1.165) is 66.5 Å². The van der Waals surface area contributed by atoms with Crippen molar-refractivity contribution in [2.75, 3.05) is 5.32 Å². The molecule has 0 saturated carbocycles. The Balaban J connectivity index is 1.28. The van der Waals surface area contributed by atoms with E-state index < -0.39 is 0 Å². The largest absolute Gasteiger partial charge is 0.455 e. The van der Waals surface area contributed by atoms with Crippen LogP contribution in [0.2, 0.25) is 0 Å². The third kappa shape index (κ3) is 5.15. The Kier molecular flexibility index (Phi) is 7.06. The van der Waals surface area contributed by atoms with Gasteiger partial charge in [-0.25, -0.2) is 0 Å². The van der Waals surface area contributed by atoms with Crippen LogP contribution in [-0.4, -0.2) is 0 Å². The minimum Gasteiger partial charge on any atom is -0.455 e. The summed E-state index contributed by atoms with van der Waals surface area (Å²) < 4.78 is 6.98. The van der Waals surface area contributed by atoms with Crippen molar-refractivity contribution in [3.8, 4) is 44.5 Å². The predicted octanol–water partition coefficient (Wildman–Crippen LogP) is 13.5. The molecule has 0 bridgehead atoms. The lowest BCUT2D eigenvalue weighted by Crippen LogP contribution is -1.96. The summed E-state index contributed by atoms with van der Waals surface area (Å²) in [4.78, 5) is 0. The highest BCUT2D eigenvalue weighted by atomic mass is 16.3. The molecule has 0 unspecified atom stereocenters. The number of hydrogen-bond donors (Lipinski definition) is 1. The molecular formula is C47H33NO. The van der Waals surface area contributed by atoms with E-state index in [0.29, 0.717) is 0 Å². The van der Waals surface area contributed by atoms with Crippen molar-refractivity contribution in [3.05, 3.63) is 181 Å². The van der Waals surface area contributed by atoms with Gasteiger partial charge in [0.15, 0.2) is 0 Å². The first-order valence-corrected chi connectivity index (χ1v) is 16.8. The average Bonchev–Trinajstić information content (AvgIpc) is 3.55. The monoisotopic (exact) mass is 627 g/mol. The van der Waals surface area contributed by atoms with Crippen LogP contribution >= 0.6 is 0 Å². The molecule has 8 aromatic carbocycles. The maximum atomic E-state index is 6.98. The van der Waals surface area contributed by atoms with Gasteiger partial charge < -0.3 is 9.73 Å². The first-order valence-electron chi connectivity index (χ1n) is 16.8. The molecule has 0 aliphatic carbocycles. The molecule has 9 rings (SSSR count). The molecule has 9 aromatic rings. The lowest BCUT2D eigenvalue weighted by Gasteiger charge is -2.19. The van der Waals surface area contributed by atoms with Gasteiger partial charge in [0.1, 0.15) is 11.2 Å². The molecule has 232 valence electrons. The van der Waals surface area contributed by atoms with E-state index in [2.05, 4.69) is 188 Å². The molecule has 0 radical (unpaired) electrons. The van der Waals surface area contributed by atoms with Gasteiger partial charge in [0.25, 0.3) is 0 Å². The second-order valence-corrected chi connectivity index (χ2v) is 12.6. The summed E-state index contributed by atoms with van der Waals surface area (Å²) >= 11 is 0. The summed E-state index contributed by atoms with van der Waals surface area (Å²) in [6.45, 7) is 2.18. The molecular weight excluding hydrogens is 595 g/mol. The van der Waals surface area contributed by atoms with Crippen LogP contribution in [0, 0.1) is 6.92 Å². The fourth-order valence-electron chi connectivity index (χ4n) is 7.13. The Bertz CT molecular complexity index is 2620. The SMILES string of the molecule is Cc1ccccc1-c1c(-c2cc(-c3ccccc3)ccc2Nc2ccc(-c3ccccc3)cc2)ccc2c1oc1c3ccccc3ccc21. The molecule has 0 aliphatic rings. The fraction of sp³-hybridized carbons (Fsp3) is 0.0213. The number of nitrogens with one attached hydrogen (secondary N) is 1. The number of rotatable bonds is 6. The number of aryl methyl sites for hydroxylation is 1. The minimum atomic E-state index is 0.904. The topological polar surface area (TPSA) is 25.2 Å². The molecule has 0 aliphatic heterocycles. The summed E-state index contributed by atoms with van der Waals surface area (Å²) in [6.07, 6.45) is 0. The van der Waals surface area contributed by atoms with Crippen LogP contribution in [0.3, 0.4) is 0 Å². The van der Waals surface area contributed by atoms with E-state index in [9.17, 15) is 0 Å². The third-order valence-corrected chi connectivity index (χ3v) is 9.63. The van der Waals surface area contributed by atoms with E-state index in [1.807, 2.05) is 0 Å². The molecule has 49 heavy (non-hydrogen) atoms. The van der Waals surface area contributed by atoms with Crippen LogP contribution in [0.15, 0.2) is 180 Å². The molecule has 0 atom stereocenters. The highest BCUT2D eigenvalue weighted by Gasteiger charge is 2.22. The first kappa shape index (κ1) is 28.8. The van der Waals surface area contributed by atoms with Crippen LogP contribution in [0.4, 0.5) is 11.4 Å². The molecule has 0 amide bonds. The van der Waals surface area contributed by atoms with Gasteiger partial charge in [-0.15, -0.1) is 0 Å². The molecule has 0 spiro atoms. The Morgan fingerprint density at radius 2 is 1.02 bits per heavy atom. The lowest BCUT2D eigenvalue weighted by molar-refractivity contribution is 0.674. The zero-order valence-electron chi connectivity index (χ0n) is 27.2. The molecule has 2 nitrogen and oxygen atoms in total. The van der Waals surface area contributed by atoms with Gasteiger partial charge in [0.2, 0.25) is 0 Å². The third-order valence-electron chi connectivity index (χ3n) is 9.63. The van der Waals surface area contributed by atoms with Crippen LogP contribution < -0.4 is 5.32 Å². The summed E-state index contributed by atoms with van der Waals surface area (Å²) in [5.41, 5.74) is 14.3. The van der Waals surface area contributed by atoms with E-state index in [1.54, 1.807) is 0 Å². The normalized spacial score (nSPS) is 11.4. The van der Waals surface area contributed by atoms with Crippen molar-refractivity contribution in [2.45, 2.75) is 6.92 Å². The van der Waals surface area contributed by atoms with Crippen molar-refractivity contribution in [3.63, 3.8) is 0 Å². The zero-order chi connectivity index (χ0) is 32.7. The fourth-order valence-corrected chi connectivity index (χ4v) is 7.13. The Morgan fingerprint density at radius 3 is 1.80 bits per heavy atom. The van der Waals surface area contributed by atoms with Gasteiger partial charge in [-0.3, -0.25) is 0 Å². The standard InChI is InChI=1S/C47H33NO/c1-31-12-8-10-18-38(31)45-40(27-28-42-41-26-22-35-17-9-11-19-39(35)46(41)49-47(42)45)43-30-36(33-15-6-3-7-16-33)23-29-44(43)48-37-24-20-34(21-25-37)32-13-4-2-5-14-32/h2-30,48H,1H3. The summed E-state index contributed by atoms with van der Waals surface area (Å²) in [7, 11) is 0. The Morgan fingerprint density at radius 1 is 0.408 bits per heavy atom. The Labute approximate surface area is 285 Å². The van der Waals surface area contributed by atoms with Crippen molar-refractivity contribution >= 4 is 44.1 Å². The number of benzene rings is 8. The molecule has 0 fully saturated rings. The highest BCUT2D eigenvalue weighted by molar-refractivity contribution is 6.19. The number of anilines is 2. The minimum absolute atomic E-state index is 0.904. The van der Waals surface area contributed by atoms with Gasteiger partial charge >= 0.3 is 0 Å². The number of hydrogen-bond acceptors (Lipinski definition) is 2. The quantitative estimate of drug-likeness (QED) is 0.198. The molecule has 1 N–H and O–H groups in total. The maximum absolute atomic E-state index is 6.98. The second-order valence-electron chi connectivity index (χ2n) is 12.6. The average molecular weight is 628 g/mol. The smallest absolute Gasteiger partial charge is 0.143 e. The first-order chi connectivity index (χ1) is 24.2. The second kappa shape index (κ2) is 12.0. The van der Waals surface area contributed by atoms with Crippen molar-refractivity contribution < 1.29 is 4.42 Å². The lowest BCUT2D eigenvalue weighted by atomic mass is 9.88. The van der Waals surface area contributed by atoms with Crippen LogP contribution in [0.5, 0.6) is 0 Å². The van der Waals surface area contributed by atoms with E-state index in [4.69, 9.17) is 4.42 Å². The van der Waals surface area contributed by atoms with Crippen LogP contribution in [-0.2, 0) is 0 Å². The van der Waals surface area contributed by atoms with Gasteiger partial charge in [0, 0.05) is 38.7 Å². The van der Waals surface area contributed by atoms with Crippen LogP contribution in [0.25, 0.3) is 77.2 Å². The van der Waals surface area contributed by atoms with Gasteiger partial charge in [-0.05, 0) is 87.7 Å². The summed E-state index contributed by atoms with van der Waals surface area (Å²) in [6, 6.07) is 62.5. The number of fused-ring (bicyclic) bond motifs is 5. The summed E-state index contributed by atoms with van der Waals surface area (Å²) in [5.74, 6) is 0. The van der Waals surface area contributed by atoms with Crippen molar-refractivity contribution in [1.82, 2.24) is 0 Å². The van der Waals surface area contributed by atoms with Gasteiger partial charge in [-0.2, -0.15) is 0 Å². The maximum Gasteiger partial charge on any atom is 0.143 e. The zero-order valence-corrected chi connectivity index (χ0v) is 27.2. The Hall–Kier alpha value is -6.38. The molecule has 0 saturated heterocycles. The summed E-state index contributed by atoms with van der Waals surface area (Å²) in [5, 5.41) is 8.34. The van der Waals surface area contributed by atoms with E-state index in [-0.39, 0.29) is 0 Å².